The summed E-state index contributed by atoms with van der Waals surface area (Å²) in [5, 5.41) is 0. The zero-order valence-corrected chi connectivity index (χ0v) is 20.3. The number of hydrogen-bond acceptors (Lipinski definition) is 7. The molecule has 0 aliphatic carbocycles. The van der Waals surface area contributed by atoms with Crippen LogP contribution in [0, 0.1) is 0 Å². The number of ether oxygens (including phenoxy) is 6. The third kappa shape index (κ3) is 13.5. The predicted molar refractivity (Wildman–Crippen MR) is 127 cm³/mol. The zero-order valence-electron chi connectivity index (χ0n) is 20.3. The molecule has 0 saturated carbocycles. The Morgan fingerprint density at radius 1 is 0.818 bits per heavy atom. The van der Waals surface area contributed by atoms with Crippen molar-refractivity contribution in [2.24, 2.45) is 0 Å². The molecule has 1 heterocycles. The van der Waals surface area contributed by atoms with Crippen LogP contribution in [-0.2, 0) is 30.2 Å². The van der Waals surface area contributed by atoms with Gasteiger partial charge in [0.15, 0.2) is 0 Å². The fourth-order valence-corrected chi connectivity index (χ4v) is 3.57. The fraction of sp³-hybridized carbons (Fsp3) is 0.731. The number of methoxy groups -OCH3 is 1. The van der Waals surface area contributed by atoms with E-state index in [2.05, 4.69) is 10.8 Å². The number of hydrogen-bond donors (Lipinski definition) is 0. The summed E-state index contributed by atoms with van der Waals surface area (Å²) in [5.41, 5.74) is 1.26. The van der Waals surface area contributed by atoms with E-state index in [0.717, 1.165) is 89.1 Å². The summed E-state index contributed by atoms with van der Waals surface area (Å²) in [6.07, 6.45) is 9.84. The van der Waals surface area contributed by atoms with Crippen LogP contribution >= 0.6 is 0 Å². The quantitative estimate of drug-likeness (QED) is 0.203. The standard InChI is InChI=1S/C26H42O7/c1-28-26(27)11-5-4-7-15-30-19-21-31-20-18-29-14-6-2-3-8-16-32-24-12-13-25-23(22-24)10-9-17-33-25/h12-13,22H,2-11,14-21H2,1H3. The second-order valence-corrected chi connectivity index (χ2v) is 8.21. The number of carbonyl (C=O) groups excluding carboxylic acids is 1. The SMILES string of the molecule is COC(=O)CCCCCOCCOCCOCCCCCCOc1ccc2c(c1)CCCO2. The molecule has 33 heavy (non-hydrogen) atoms. The van der Waals surface area contributed by atoms with Crippen molar-refractivity contribution in [1.82, 2.24) is 0 Å². The monoisotopic (exact) mass is 466 g/mol. The first-order valence-electron chi connectivity index (χ1n) is 12.5. The number of carbonyl (C=O) groups is 1. The average Bonchev–Trinajstić information content (AvgIpc) is 2.85. The van der Waals surface area contributed by atoms with E-state index in [-0.39, 0.29) is 5.97 Å². The van der Waals surface area contributed by atoms with Gasteiger partial charge in [-0.05, 0) is 68.7 Å². The summed E-state index contributed by atoms with van der Waals surface area (Å²) in [7, 11) is 1.42. The smallest absolute Gasteiger partial charge is 0.305 e. The third-order valence-corrected chi connectivity index (χ3v) is 5.47. The van der Waals surface area contributed by atoms with Crippen molar-refractivity contribution in [3.63, 3.8) is 0 Å². The molecule has 0 atom stereocenters. The summed E-state index contributed by atoms with van der Waals surface area (Å²) >= 11 is 0. The largest absolute Gasteiger partial charge is 0.494 e. The molecule has 0 saturated heterocycles. The van der Waals surface area contributed by atoms with E-state index in [1.54, 1.807) is 0 Å². The minimum absolute atomic E-state index is 0.144. The fourth-order valence-electron chi connectivity index (χ4n) is 3.57. The Kier molecular flexibility index (Phi) is 15.4. The molecule has 1 aromatic rings. The highest BCUT2D eigenvalue weighted by atomic mass is 16.5. The lowest BCUT2D eigenvalue weighted by atomic mass is 10.1. The zero-order chi connectivity index (χ0) is 23.4. The molecule has 0 N–H and O–H groups in total. The summed E-state index contributed by atoms with van der Waals surface area (Å²) in [6.45, 7) is 5.46. The first-order valence-corrected chi connectivity index (χ1v) is 12.5. The summed E-state index contributed by atoms with van der Waals surface area (Å²) in [6, 6.07) is 6.14. The van der Waals surface area contributed by atoms with Crippen LogP contribution in [0.15, 0.2) is 18.2 Å². The van der Waals surface area contributed by atoms with Crippen LogP contribution in [0.4, 0.5) is 0 Å². The minimum Gasteiger partial charge on any atom is -0.494 e. The molecule has 0 radical (unpaired) electrons. The molecule has 7 nitrogen and oxygen atoms in total. The Morgan fingerprint density at radius 2 is 1.45 bits per heavy atom. The van der Waals surface area contributed by atoms with Gasteiger partial charge in [-0.1, -0.05) is 12.8 Å². The van der Waals surface area contributed by atoms with Crippen molar-refractivity contribution >= 4 is 5.97 Å². The maximum Gasteiger partial charge on any atom is 0.305 e. The second kappa shape index (κ2) is 18.6. The lowest BCUT2D eigenvalue weighted by Gasteiger charge is -2.18. The van der Waals surface area contributed by atoms with Gasteiger partial charge in [0.2, 0.25) is 0 Å². The first kappa shape index (κ1) is 27.4. The molecule has 1 aliphatic heterocycles. The minimum atomic E-state index is -0.144. The van der Waals surface area contributed by atoms with Crippen LogP contribution < -0.4 is 9.47 Å². The third-order valence-electron chi connectivity index (χ3n) is 5.47. The molecule has 0 unspecified atom stereocenters. The maximum atomic E-state index is 11.0. The Hall–Kier alpha value is -1.83. The van der Waals surface area contributed by atoms with Gasteiger partial charge in [-0.25, -0.2) is 0 Å². The number of fused-ring (bicyclic) bond motifs is 1. The molecule has 0 aromatic heterocycles. The van der Waals surface area contributed by atoms with E-state index in [4.69, 9.17) is 23.7 Å². The normalized spacial score (nSPS) is 12.8. The van der Waals surface area contributed by atoms with E-state index in [1.807, 2.05) is 12.1 Å². The topological polar surface area (TPSA) is 72.5 Å². The van der Waals surface area contributed by atoms with E-state index in [0.29, 0.717) is 39.5 Å². The number of esters is 1. The molecule has 7 heteroatoms. The molecule has 0 spiro atoms. The number of rotatable bonds is 20. The Bertz CT molecular complexity index is 635. The molecule has 0 bridgehead atoms. The van der Waals surface area contributed by atoms with Crippen LogP contribution in [0.5, 0.6) is 11.5 Å². The van der Waals surface area contributed by atoms with Crippen LogP contribution in [0.25, 0.3) is 0 Å². The van der Waals surface area contributed by atoms with Gasteiger partial charge in [-0.15, -0.1) is 0 Å². The molecule has 0 fully saturated rings. The Labute approximate surface area is 199 Å². The second-order valence-electron chi connectivity index (χ2n) is 8.21. The van der Waals surface area contributed by atoms with E-state index < -0.39 is 0 Å². The lowest BCUT2D eigenvalue weighted by molar-refractivity contribution is -0.140. The predicted octanol–water partition coefficient (Wildman–Crippen LogP) is 4.73. The number of benzene rings is 1. The van der Waals surface area contributed by atoms with Crippen LogP contribution in [0.1, 0.15) is 63.4 Å². The van der Waals surface area contributed by atoms with Gasteiger partial charge >= 0.3 is 5.97 Å². The van der Waals surface area contributed by atoms with E-state index >= 15 is 0 Å². The van der Waals surface area contributed by atoms with Crippen molar-refractivity contribution in [1.29, 1.82) is 0 Å². The average molecular weight is 467 g/mol. The van der Waals surface area contributed by atoms with Gasteiger partial charge in [-0.2, -0.15) is 0 Å². The van der Waals surface area contributed by atoms with Gasteiger partial charge in [0.25, 0.3) is 0 Å². The van der Waals surface area contributed by atoms with Gasteiger partial charge in [-0.3, -0.25) is 4.79 Å². The van der Waals surface area contributed by atoms with Crippen LogP contribution in [0.3, 0.4) is 0 Å². The van der Waals surface area contributed by atoms with Crippen molar-refractivity contribution < 1.29 is 33.2 Å². The highest BCUT2D eigenvalue weighted by molar-refractivity contribution is 5.68. The summed E-state index contributed by atoms with van der Waals surface area (Å²) in [5.74, 6) is 1.81. The first-order chi connectivity index (χ1) is 16.3. The van der Waals surface area contributed by atoms with E-state index in [9.17, 15) is 4.79 Å². The van der Waals surface area contributed by atoms with Gasteiger partial charge in [0.1, 0.15) is 11.5 Å². The Morgan fingerprint density at radius 3 is 2.15 bits per heavy atom. The van der Waals surface area contributed by atoms with Crippen LogP contribution in [-0.4, -0.2) is 65.9 Å². The molecule has 2 rings (SSSR count). The molecular formula is C26H42O7. The molecule has 188 valence electrons. The van der Waals surface area contributed by atoms with Crippen molar-refractivity contribution in [3.05, 3.63) is 23.8 Å². The van der Waals surface area contributed by atoms with Gasteiger partial charge < -0.3 is 28.4 Å². The number of unbranched alkanes of at least 4 members (excludes halogenated alkanes) is 5. The van der Waals surface area contributed by atoms with Crippen molar-refractivity contribution in [3.8, 4) is 11.5 Å². The van der Waals surface area contributed by atoms with Crippen molar-refractivity contribution in [2.75, 3.05) is 60.0 Å². The van der Waals surface area contributed by atoms with Gasteiger partial charge in [0, 0.05) is 19.6 Å². The van der Waals surface area contributed by atoms with Gasteiger partial charge in [0.05, 0.1) is 46.8 Å². The van der Waals surface area contributed by atoms with Crippen molar-refractivity contribution in [2.45, 2.75) is 64.2 Å². The van der Waals surface area contributed by atoms with Crippen LogP contribution in [0.2, 0.25) is 0 Å². The molecule has 0 amide bonds. The molecular weight excluding hydrogens is 424 g/mol. The molecule has 1 aromatic carbocycles. The Balaban J connectivity index is 1.27. The molecule has 1 aliphatic rings. The highest BCUT2D eigenvalue weighted by Gasteiger charge is 2.10. The summed E-state index contributed by atoms with van der Waals surface area (Å²) in [4.78, 5) is 11.0. The van der Waals surface area contributed by atoms with E-state index in [1.165, 1.54) is 12.7 Å². The summed E-state index contributed by atoms with van der Waals surface area (Å²) < 4.78 is 32.8. The highest BCUT2D eigenvalue weighted by Crippen LogP contribution is 2.28. The number of aryl methyl sites for hydroxylation is 1. The lowest BCUT2D eigenvalue weighted by Crippen LogP contribution is -2.10. The maximum absolute atomic E-state index is 11.0.